The Morgan fingerprint density at radius 2 is 2.16 bits per heavy atom. The van der Waals surface area contributed by atoms with Gasteiger partial charge in [0.2, 0.25) is 0 Å². The van der Waals surface area contributed by atoms with Crippen LogP contribution in [-0.4, -0.2) is 47.6 Å². The molecule has 1 aromatic rings. The highest BCUT2D eigenvalue weighted by molar-refractivity contribution is 7.80. The zero-order valence-electron chi connectivity index (χ0n) is 14.7. The second kappa shape index (κ2) is 5.44. The number of para-hydroxylation sites is 1. The van der Waals surface area contributed by atoms with Crippen molar-refractivity contribution in [3.8, 4) is 0 Å². The molecule has 0 aromatic heterocycles. The maximum absolute atomic E-state index is 12.8. The molecular weight excluding hydrogens is 332 g/mol. The van der Waals surface area contributed by atoms with Crippen LogP contribution in [0.1, 0.15) is 37.7 Å². The van der Waals surface area contributed by atoms with Gasteiger partial charge in [0.15, 0.2) is 0 Å². The molecule has 4 heterocycles. The van der Waals surface area contributed by atoms with Gasteiger partial charge in [-0.3, -0.25) is 0 Å². The van der Waals surface area contributed by atoms with Crippen molar-refractivity contribution < 1.29 is 9.53 Å². The Labute approximate surface area is 154 Å². The molecule has 4 aliphatic heterocycles. The van der Waals surface area contributed by atoms with Gasteiger partial charge in [0.1, 0.15) is 6.04 Å². The van der Waals surface area contributed by atoms with Gasteiger partial charge in [0.05, 0.1) is 24.2 Å². The minimum atomic E-state index is -0.156. The zero-order valence-corrected chi connectivity index (χ0v) is 15.5. The number of thiocarbonyl (C=S) groups is 1. The van der Waals surface area contributed by atoms with Crippen LogP contribution in [0.4, 0.5) is 5.69 Å². The SMILES string of the molecule is CC[C@@H]1CN2C(=S)C[C@@H]3c4ccccc4N4[C@@H]3[C@@H]2C[C@@H]1[C@@H]4C(=O)OC. The van der Waals surface area contributed by atoms with Crippen molar-refractivity contribution in [3.05, 3.63) is 29.8 Å². The summed E-state index contributed by atoms with van der Waals surface area (Å²) < 4.78 is 5.28. The van der Waals surface area contributed by atoms with Gasteiger partial charge in [-0.2, -0.15) is 0 Å². The van der Waals surface area contributed by atoms with Gasteiger partial charge in [0, 0.05) is 24.6 Å². The number of methoxy groups -OCH3 is 1. The van der Waals surface area contributed by atoms with E-state index >= 15 is 0 Å². The first-order chi connectivity index (χ1) is 12.2. The van der Waals surface area contributed by atoms with Gasteiger partial charge in [-0.25, -0.2) is 4.79 Å². The fraction of sp³-hybridized carbons (Fsp3) is 0.600. The van der Waals surface area contributed by atoms with E-state index in [9.17, 15) is 4.79 Å². The predicted molar refractivity (Wildman–Crippen MR) is 101 cm³/mol. The largest absolute Gasteiger partial charge is 0.467 e. The van der Waals surface area contributed by atoms with Gasteiger partial charge >= 0.3 is 5.97 Å². The van der Waals surface area contributed by atoms with Crippen LogP contribution in [0.3, 0.4) is 0 Å². The highest BCUT2D eigenvalue weighted by Crippen LogP contribution is 2.56. The fourth-order valence-electron chi connectivity index (χ4n) is 6.07. The number of fused-ring (bicyclic) bond motifs is 4. The Bertz CT molecular complexity index is 751. The lowest BCUT2D eigenvalue weighted by molar-refractivity contribution is -0.147. The highest BCUT2D eigenvalue weighted by atomic mass is 32.1. The molecule has 0 radical (unpaired) electrons. The molecule has 25 heavy (non-hydrogen) atoms. The number of nitrogens with zero attached hydrogens (tertiary/aromatic N) is 2. The summed E-state index contributed by atoms with van der Waals surface area (Å²) in [5, 5.41) is 0. The number of carbonyl (C=O) groups is 1. The van der Waals surface area contributed by atoms with E-state index in [2.05, 4.69) is 41.0 Å². The molecule has 5 heteroatoms. The molecule has 6 atom stereocenters. The average Bonchev–Trinajstić information content (AvgIpc) is 2.96. The van der Waals surface area contributed by atoms with E-state index < -0.39 is 0 Å². The predicted octanol–water partition coefficient (Wildman–Crippen LogP) is 2.96. The third-order valence-electron chi connectivity index (χ3n) is 7.08. The van der Waals surface area contributed by atoms with Crippen molar-refractivity contribution in [2.45, 2.75) is 50.2 Å². The molecule has 0 saturated carbocycles. The number of carbonyl (C=O) groups excluding carboxylic acids is 1. The standard InChI is InChI=1S/C20H24N2O2S/c1-3-11-10-21-16-8-13(11)19(20(23)24-2)22-15-7-5-4-6-12(15)14(18(16)22)9-17(21)25/h4-7,11,13-14,16,18-19H,3,8-10H2,1-2H3/t11-,13+,14-,16+,18+,19-/m1/s1. The van der Waals surface area contributed by atoms with E-state index in [1.807, 2.05) is 0 Å². The Morgan fingerprint density at radius 3 is 2.92 bits per heavy atom. The number of hydrogen-bond donors (Lipinski definition) is 0. The van der Waals surface area contributed by atoms with Crippen molar-refractivity contribution in [2.75, 3.05) is 18.6 Å². The van der Waals surface area contributed by atoms with E-state index in [1.54, 1.807) is 0 Å². The van der Waals surface area contributed by atoms with Crippen LogP contribution in [-0.2, 0) is 9.53 Å². The fourth-order valence-corrected chi connectivity index (χ4v) is 6.46. The van der Waals surface area contributed by atoms with Gasteiger partial charge < -0.3 is 14.5 Å². The van der Waals surface area contributed by atoms with Gasteiger partial charge in [-0.05, 0) is 29.9 Å². The highest BCUT2D eigenvalue weighted by Gasteiger charge is 2.60. The third-order valence-corrected chi connectivity index (χ3v) is 7.48. The summed E-state index contributed by atoms with van der Waals surface area (Å²) in [6, 6.07) is 9.24. The van der Waals surface area contributed by atoms with Crippen LogP contribution in [0.15, 0.2) is 24.3 Å². The molecule has 132 valence electrons. The zero-order chi connectivity index (χ0) is 17.3. The van der Waals surface area contributed by atoms with Crippen LogP contribution in [0.25, 0.3) is 0 Å². The molecule has 5 rings (SSSR count). The van der Waals surface area contributed by atoms with Crippen LogP contribution >= 0.6 is 12.2 Å². The van der Waals surface area contributed by atoms with Gasteiger partial charge in [0.25, 0.3) is 0 Å². The van der Waals surface area contributed by atoms with Crippen molar-refractivity contribution in [1.29, 1.82) is 0 Å². The van der Waals surface area contributed by atoms with E-state index in [-0.39, 0.29) is 12.0 Å². The van der Waals surface area contributed by atoms with Crippen molar-refractivity contribution in [3.63, 3.8) is 0 Å². The topological polar surface area (TPSA) is 32.8 Å². The normalized spacial score (nSPS) is 37.8. The van der Waals surface area contributed by atoms with E-state index in [4.69, 9.17) is 17.0 Å². The van der Waals surface area contributed by atoms with E-state index in [0.29, 0.717) is 29.8 Å². The molecule has 0 aliphatic carbocycles. The summed E-state index contributed by atoms with van der Waals surface area (Å²) in [4.78, 5) is 18.9. The van der Waals surface area contributed by atoms with Gasteiger partial charge in [-0.1, -0.05) is 43.8 Å². The molecule has 2 bridgehead atoms. The van der Waals surface area contributed by atoms with Gasteiger partial charge in [-0.15, -0.1) is 0 Å². The molecule has 3 saturated heterocycles. The summed E-state index contributed by atoms with van der Waals surface area (Å²) in [7, 11) is 1.53. The van der Waals surface area contributed by atoms with Crippen molar-refractivity contribution in [2.24, 2.45) is 11.8 Å². The minimum absolute atomic E-state index is 0.0704. The molecule has 0 spiro atoms. The Morgan fingerprint density at radius 1 is 1.36 bits per heavy atom. The first kappa shape index (κ1) is 15.6. The van der Waals surface area contributed by atoms with Crippen LogP contribution in [0.2, 0.25) is 0 Å². The lowest BCUT2D eigenvalue weighted by Gasteiger charge is -2.60. The quantitative estimate of drug-likeness (QED) is 0.601. The minimum Gasteiger partial charge on any atom is -0.467 e. The molecule has 0 amide bonds. The number of hydrogen-bond acceptors (Lipinski definition) is 4. The summed E-state index contributed by atoms with van der Waals surface area (Å²) in [5.74, 6) is 1.18. The van der Waals surface area contributed by atoms with Crippen LogP contribution in [0.5, 0.6) is 0 Å². The second-order valence-electron chi connectivity index (χ2n) is 7.92. The van der Waals surface area contributed by atoms with Crippen LogP contribution < -0.4 is 4.90 Å². The van der Waals surface area contributed by atoms with Crippen molar-refractivity contribution in [1.82, 2.24) is 4.90 Å². The number of benzene rings is 1. The Balaban J connectivity index is 1.70. The number of anilines is 1. The number of rotatable bonds is 2. The smallest absolute Gasteiger partial charge is 0.328 e. The molecule has 0 unspecified atom stereocenters. The molecular formula is C20H24N2O2S. The first-order valence-corrected chi connectivity index (χ1v) is 9.81. The number of ether oxygens (including phenoxy) is 1. The second-order valence-corrected chi connectivity index (χ2v) is 8.39. The maximum Gasteiger partial charge on any atom is 0.328 e. The van der Waals surface area contributed by atoms with Crippen molar-refractivity contribution >= 4 is 28.9 Å². The lowest BCUT2D eigenvalue weighted by atomic mass is 9.67. The number of piperidine rings is 3. The van der Waals surface area contributed by atoms with E-state index in [0.717, 1.165) is 30.8 Å². The Kier molecular flexibility index (Phi) is 3.40. The number of esters is 1. The summed E-state index contributed by atoms with van der Waals surface area (Å²) in [5.41, 5.74) is 2.59. The third kappa shape index (κ3) is 1.93. The summed E-state index contributed by atoms with van der Waals surface area (Å²) in [6.07, 6.45) is 3.07. The van der Waals surface area contributed by atoms with Crippen LogP contribution in [0, 0.1) is 11.8 Å². The molecule has 3 fully saturated rings. The summed E-state index contributed by atoms with van der Waals surface area (Å²) >= 11 is 5.83. The molecule has 4 aliphatic rings. The molecule has 0 N–H and O–H groups in total. The monoisotopic (exact) mass is 356 g/mol. The maximum atomic E-state index is 12.8. The lowest BCUT2D eigenvalue weighted by Crippen LogP contribution is -2.71. The van der Waals surface area contributed by atoms with E-state index in [1.165, 1.54) is 18.4 Å². The molecule has 4 nitrogen and oxygen atoms in total. The first-order valence-electron chi connectivity index (χ1n) is 9.40. The Hall–Kier alpha value is -1.62. The average molecular weight is 356 g/mol. The molecule has 1 aromatic carbocycles. The summed E-state index contributed by atoms with van der Waals surface area (Å²) in [6.45, 7) is 3.24.